The second kappa shape index (κ2) is 14.1. The highest BCUT2D eigenvalue weighted by Crippen LogP contribution is 2.36. The maximum atomic E-state index is 11.5. The number of carbonyl (C=O) groups excluding carboxylic acids is 1. The molecule has 3 N–H and O–H groups in total. The predicted molar refractivity (Wildman–Crippen MR) is 124 cm³/mol. The molecule has 0 aromatic heterocycles. The molecule has 1 saturated carbocycles. The van der Waals surface area contributed by atoms with Gasteiger partial charge in [-0.1, -0.05) is 42.5 Å². The fourth-order valence-corrected chi connectivity index (χ4v) is 3.93. The first kappa shape index (κ1) is 26.1. The third-order valence-electron chi connectivity index (χ3n) is 5.59. The summed E-state index contributed by atoms with van der Waals surface area (Å²) in [6.45, 7) is 4.06. The van der Waals surface area contributed by atoms with Crippen LogP contribution in [0.3, 0.4) is 0 Å². The molecule has 5 atom stereocenters. The van der Waals surface area contributed by atoms with Crippen molar-refractivity contribution in [2.75, 3.05) is 6.61 Å². The van der Waals surface area contributed by atoms with Gasteiger partial charge in [-0.3, -0.25) is 4.79 Å². The topological polar surface area (TPSA) is 96.2 Å². The first-order chi connectivity index (χ1) is 15.4. The van der Waals surface area contributed by atoms with Gasteiger partial charge in [0.05, 0.1) is 31.0 Å². The number of esters is 1. The quantitative estimate of drug-likeness (QED) is 0.242. The van der Waals surface area contributed by atoms with Crippen molar-refractivity contribution in [3.05, 3.63) is 54.6 Å². The molecule has 0 aliphatic heterocycles. The van der Waals surface area contributed by atoms with E-state index in [0.29, 0.717) is 32.3 Å². The van der Waals surface area contributed by atoms with Gasteiger partial charge in [0.15, 0.2) is 0 Å². The van der Waals surface area contributed by atoms with Crippen molar-refractivity contribution in [3.63, 3.8) is 0 Å². The number of carbonyl (C=O) groups is 1. The van der Waals surface area contributed by atoms with E-state index < -0.39 is 18.3 Å². The average Bonchev–Trinajstić information content (AvgIpc) is 3.01. The zero-order valence-electron chi connectivity index (χ0n) is 19.2. The van der Waals surface area contributed by atoms with E-state index in [1.807, 2.05) is 62.4 Å². The first-order valence-corrected chi connectivity index (χ1v) is 11.6. The minimum Gasteiger partial charge on any atom is -0.493 e. The van der Waals surface area contributed by atoms with Crippen LogP contribution in [0.25, 0.3) is 0 Å². The highest BCUT2D eigenvalue weighted by Gasteiger charge is 2.39. The van der Waals surface area contributed by atoms with Gasteiger partial charge in [0.25, 0.3) is 0 Å². The Morgan fingerprint density at radius 1 is 1.16 bits per heavy atom. The fraction of sp³-hybridized carbons (Fsp3) is 0.577. The third-order valence-corrected chi connectivity index (χ3v) is 5.59. The Morgan fingerprint density at radius 3 is 2.62 bits per heavy atom. The molecule has 0 unspecified atom stereocenters. The molecule has 0 heterocycles. The normalized spacial score (nSPS) is 24.4. The van der Waals surface area contributed by atoms with Gasteiger partial charge >= 0.3 is 5.97 Å². The number of allylic oxidation sites excluding steroid dienone is 2. The lowest BCUT2D eigenvalue weighted by atomic mass is 9.89. The monoisotopic (exact) mass is 446 g/mol. The Labute approximate surface area is 191 Å². The molecular formula is C26H38O6. The van der Waals surface area contributed by atoms with Crippen molar-refractivity contribution in [1.82, 2.24) is 0 Å². The van der Waals surface area contributed by atoms with E-state index in [4.69, 9.17) is 9.47 Å². The van der Waals surface area contributed by atoms with Crippen LogP contribution in [0.15, 0.2) is 54.6 Å². The number of benzene rings is 1. The molecule has 0 amide bonds. The van der Waals surface area contributed by atoms with Gasteiger partial charge in [0.1, 0.15) is 5.75 Å². The molecule has 0 spiro atoms. The Hall–Kier alpha value is -2.15. The van der Waals surface area contributed by atoms with Crippen LogP contribution in [-0.2, 0) is 9.53 Å². The minimum absolute atomic E-state index is 0.0896. The lowest BCUT2D eigenvalue weighted by Crippen LogP contribution is -2.20. The SMILES string of the molecule is CC(C)OC(=O)CCC/C=C\C[C@@H]1[C@@H](/C=C/[C@@H](O)CCOc2ccccc2)[C@H](O)C[C@@H]1O. The number of ether oxygens (including phenoxy) is 2. The van der Waals surface area contributed by atoms with Crippen LogP contribution in [0.1, 0.15) is 52.4 Å². The molecule has 178 valence electrons. The number of rotatable bonds is 13. The molecule has 6 heteroatoms. The molecule has 1 aliphatic carbocycles. The highest BCUT2D eigenvalue weighted by atomic mass is 16.5. The molecule has 1 aromatic carbocycles. The number of aliphatic hydroxyl groups excluding tert-OH is 3. The van der Waals surface area contributed by atoms with Crippen LogP contribution in [0.2, 0.25) is 0 Å². The molecule has 6 nitrogen and oxygen atoms in total. The van der Waals surface area contributed by atoms with E-state index >= 15 is 0 Å². The molecule has 32 heavy (non-hydrogen) atoms. The van der Waals surface area contributed by atoms with Crippen LogP contribution in [0, 0.1) is 11.8 Å². The maximum Gasteiger partial charge on any atom is 0.306 e. The summed E-state index contributed by atoms with van der Waals surface area (Å²) in [4.78, 5) is 11.5. The van der Waals surface area contributed by atoms with Crippen molar-refractivity contribution in [2.24, 2.45) is 11.8 Å². The predicted octanol–water partition coefficient (Wildman–Crippen LogP) is 3.80. The summed E-state index contributed by atoms with van der Waals surface area (Å²) < 4.78 is 10.7. The molecule has 0 radical (unpaired) electrons. The largest absolute Gasteiger partial charge is 0.493 e. The zero-order valence-corrected chi connectivity index (χ0v) is 19.2. The van der Waals surface area contributed by atoms with E-state index in [9.17, 15) is 20.1 Å². The van der Waals surface area contributed by atoms with Crippen molar-refractivity contribution in [3.8, 4) is 5.75 Å². The molecule has 1 fully saturated rings. The Balaban J connectivity index is 1.73. The highest BCUT2D eigenvalue weighted by molar-refractivity contribution is 5.69. The van der Waals surface area contributed by atoms with Gasteiger partial charge in [0, 0.05) is 25.2 Å². The van der Waals surface area contributed by atoms with Gasteiger partial charge in [0.2, 0.25) is 0 Å². The van der Waals surface area contributed by atoms with Crippen LogP contribution < -0.4 is 4.74 Å². The molecule has 1 aromatic rings. The van der Waals surface area contributed by atoms with Gasteiger partial charge in [-0.25, -0.2) is 0 Å². The van der Waals surface area contributed by atoms with Crippen LogP contribution in [0.4, 0.5) is 0 Å². The standard InChI is InChI=1S/C26H38O6/c1-19(2)32-26(30)13-9-4-3-8-12-22-23(25(29)18-24(22)28)15-14-20(27)16-17-31-21-10-6-5-7-11-21/h3,5-8,10-11,14-15,19-20,22-25,27-29H,4,9,12-13,16-18H2,1-2H3/b8-3-,15-14+/t20-,22-,23-,24+,25-/m1/s1. The summed E-state index contributed by atoms with van der Waals surface area (Å²) in [5, 5.41) is 30.9. The summed E-state index contributed by atoms with van der Waals surface area (Å²) >= 11 is 0. The van der Waals surface area contributed by atoms with Gasteiger partial charge < -0.3 is 24.8 Å². The molecular weight excluding hydrogens is 408 g/mol. The first-order valence-electron chi connectivity index (χ1n) is 11.6. The van der Waals surface area contributed by atoms with Crippen LogP contribution in [-0.4, -0.2) is 52.3 Å². The average molecular weight is 447 g/mol. The van der Waals surface area contributed by atoms with E-state index in [0.717, 1.165) is 18.6 Å². The zero-order chi connectivity index (χ0) is 23.3. The number of hydrogen-bond donors (Lipinski definition) is 3. The molecule has 1 aliphatic rings. The van der Waals surface area contributed by atoms with Gasteiger partial charge in [-0.2, -0.15) is 0 Å². The summed E-state index contributed by atoms with van der Waals surface area (Å²) in [5.74, 6) is 0.277. The lowest BCUT2D eigenvalue weighted by molar-refractivity contribution is -0.147. The van der Waals surface area contributed by atoms with E-state index in [1.54, 1.807) is 6.08 Å². The minimum atomic E-state index is -0.676. The van der Waals surface area contributed by atoms with Crippen LogP contribution >= 0.6 is 0 Å². The van der Waals surface area contributed by atoms with E-state index in [-0.39, 0.29) is 23.9 Å². The molecule has 2 rings (SSSR count). The Kier molecular flexibility index (Phi) is 11.5. The lowest BCUT2D eigenvalue weighted by Gasteiger charge is -2.19. The van der Waals surface area contributed by atoms with Gasteiger partial charge in [-0.05, 0) is 51.2 Å². The molecule has 0 saturated heterocycles. The number of para-hydroxylation sites is 1. The fourth-order valence-electron chi connectivity index (χ4n) is 3.93. The van der Waals surface area contributed by atoms with E-state index in [1.165, 1.54) is 0 Å². The van der Waals surface area contributed by atoms with Crippen LogP contribution in [0.5, 0.6) is 5.75 Å². The maximum absolute atomic E-state index is 11.5. The number of hydrogen-bond acceptors (Lipinski definition) is 6. The molecule has 0 bridgehead atoms. The summed E-state index contributed by atoms with van der Waals surface area (Å²) in [5.41, 5.74) is 0. The van der Waals surface area contributed by atoms with Crippen molar-refractivity contribution in [2.45, 2.75) is 76.8 Å². The van der Waals surface area contributed by atoms with Crippen molar-refractivity contribution < 1.29 is 29.6 Å². The van der Waals surface area contributed by atoms with Crippen molar-refractivity contribution >= 4 is 5.97 Å². The third kappa shape index (κ3) is 9.55. The summed E-state index contributed by atoms with van der Waals surface area (Å²) in [6.07, 6.45) is 8.86. The number of unbranched alkanes of at least 4 members (excludes halogenated alkanes) is 1. The van der Waals surface area contributed by atoms with E-state index in [2.05, 4.69) is 0 Å². The smallest absolute Gasteiger partial charge is 0.306 e. The van der Waals surface area contributed by atoms with Gasteiger partial charge in [-0.15, -0.1) is 0 Å². The Morgan fingerprint density at radius 2 is 1.91 bits per heavy atom. The van der Waals surface area contributed by atoms with Crippen molar-refractivity contribution in [1.29, 1.82) is 0 Å². The number of aliphatic hydroxyl groups is 3. The Bertz CT molecular complexity index is 714. The second-order valence-corrected chi connectivity index (χ2v) is 8.65. The summed E-state index contributed by atoms with van der Waals surface area (Å²) in [7, 11) is 0. The second-order valence-electron chi connectivity index (χ2n) is 8.65. The summed E-state index contributed by atoms with van der Waals surface area (Å²) in [6, 6.07) is 9.45.